The molecule has 32 heavy (non-hydrogen) atoms. The lowest BCUT2D eigenvalue weighted by molar-refractivity contribution is -0.137. The van der Waals surface area contributed by atoms with Crippen molar-refractivity contribution in [1.29, 1.82) is 0 Å². The van der Waals surface area contributed by atoms with Crippen LogP contribution in [0.4, 0.5) is 23.7 Å². The number of urea groups is 1. The fourth-order valence-corrected chi connectivity index (χ4v) is 4.19. The number of halogens is 4. The van der Waals surface area contributed by atoms with E-state index in [1.165, 1.54) is 17.0 Å². The summed E-state index contributed by atoms with van der Waals surface area (Å²) in [6.45, 7) is 0.743. The van der Waals surface area contributed by atoms with Gasteiger partial charge in [-0.05, 0) is 29.8 Å². The molecule has 10 heteroatoms. The van der Waals surface area contributed by atoms with Gasteiger partial charge >= 0.3 is 12.2 Å². The number of anilines is 1. The molecule has 0 saturated carbocycles. The number of aromatic nitrogens is 1. The molecule has 3 amide bonds. The van der Waals surface area contributed by atoms with E-state index in [9.17, 15) is 22.8 Å². The average molecular weight is 463 g/mol. The number of amides is 3. The van der Waals surface area contributed by atoms with Crippen molar-refractivity contribution in [3.05, 3.63) is 76.4 Å². The zero-order valence-electron chi connectivity index (χ0n) is 16.6. The Bertz CT molecular complexity index is 1170. The molecule has 1 aliphatic heterocycles. The van der Waals surface area contributed by atoms with Gasteiger partial charge in [0.15, 0.2) is 0 Å². The average Bonchev–Trinajstić information content (AvgIpc) is 3.05. The first kappa shape index (κ1) is 21.8. The third-order valence-electron chi connectivity index (χ3n) is 5.29. The number of carbonyl (C=O) groups excluding carboxylic acids is 2. The molecule has 4 rings (SSSR count). The highest BCUT2D eigenvalue weighted by Gasteiger charge is 2.32. The summed E-state index contributed by atoms with van der Waals surface area (Å²) in [4.78, 5) is 26.3. The molecular weight excluding hydrogens is 445 g/mol. The molecule has 0 spiro atoms. The van der Waals surface area contributed by atoms with Gasteiger partial charge in [0.05, 0.1) is 34.1 Å². The van der Waals surface area contributed by atoms with Crippen molar-refractivity contribution < 1.29 is 22.8 Å². The first-order valence-electron chi connectivity index (χ1n) is 9.66. The molecule has 2 heterocycles. The smallest absolute Gasteiger partial charge is 0.365 e. The number of hydrogen-bond donors (Lipinski definition) is 2. The molecule has 1 aliphatic rings. The van der Waals surface area contributed by atoms with Crippen LogP contribution < -0.4 is 11.1 Å². The number of benzene rings is 2. The lowest BCUT2D eigenvalue weighted by Crippen LogP contribution is -2.41. The van der Waals surface area contributed by atoms with Crippen LogP contribution in [0.3, 0.4) is 0 Å². The molecule has 0 radical (unpaired) electrons. The summed E-state index contributed by atoms with van der Waals surface area (Å²) in [5.41, 5.74) is 7.12. The standard InChI is InChI=1S/C22H18ClF3N4O2/c23-18-17(20(27)31)16-12-29(10-11-30(16)19(18)13-4-2-1-3-5-13)21(32)28-15-8-6-14(7-9-15)22(24,25)26/h1-9H,10-12H2,(H2,27,31)(H,28,32). The lowest BCUT2D eigenvalue weighted by atomic mass is 10.1. The maximum absolute atomic E-state index is 12.7. The predicted octanol–water partition coefficient (Wildman–Crippen LogP) is 4.97. The first-order chi connectivity index (χ1) is 15.2. The number of primary amides is 1. The Balaban J connectivity index is 1.59. The minimum Gasteiger partial charge on any atom is -0.365 e. The van der Waals surface area contributed by atoms with Crippen LogP contribution in [-0.4, -0.2) is 28.0 Å². The summed E-state index contributed by atoms with van der Waals surface area (Å²) in [5, 5.41) is 2.81. The molecule has 0 fully saturated rings. The van der Waals surface area contributed by atoms with Crippen molar-refractivity contribution in [1.82, 2.24) is 9.47 Å². The van der Waals surface area contributed by atoms with Gasteiger partial charge in [-0.3, -0.25) is 4.79 Å². The SMILES string of the molecule is NC(=O)c1c(Cl)c(-c2ccccc2)n2c1CN(C(=O)Nc1ccc(C(F)(F)F)cc1)CC2. The van der Waals surface area contributed by atoms with Gasteiger partial charge in [-0.25, -0.2) is 4.79 Å². The van der Waals surface area contributed by atoms with E-state index in [-0.39, 0.29) is 22.8 Å². The Morgan fingerprint density at radius 1 is 1.00 bits per heavy atom. The number of rotatable bonds is 3. The van der Waals surface area contributed by atoms with Crippen LogP contribution in [0, 0.1) is 0 Å². The molecular formula is C22H18ClF3N4O2. The van der Waals surface area contributed by atoms with Crippen LogP contribution in [0.25, 0.3) is 11.3 Å². The Labute approximate surface area is 186 Å². The van der Waals surface area contributed by atoms with Gasteiger partial charge in [-0.2, -0.15) is 13.2 Å². The number of nitrogens with one attached hydrogen (secondary N) is 1. The van der Waals surface area contributed by atoms with Crippen LogP contribution in [0.2, 0.25) is 5.02 Å². The molecule has 6 nitrogen and oxygen atoms in total. The maximum atomic E-state index is 12.7. The van der Waals surface area contributed by atoms with E-state index in [0.29, 0.717) is 24.5 Å². The molecule has 2 aromatic carbocycles. The van der Waals surface area contributed by atoms with Crippen molar-refractivity contribution in [3.8, 4) is 11.3 Å². The van der Waals surface area contributed by atoms with E-state index in [2.05, 4.69) is 5.32 Å². The summed E-state index contributed by atoms with van der Waals surface area (Å²) < 4.78 is 40.1. The van der Waals surface area contributed by atoms with Gasteiger partial charge in [0.2, 0.25) is 0 Å². The summed E-state index contributed by atoms with van der Waals surface area (Å²) in [7, 11) is 0. The van der Waals surface area contributed by atoms with E-state index in [4.69, 9.17) is 17.3 Å². The number of nitrogens with zero attached hydrogens (tertiary/aromatic N) is 2. The Hall–Kier alpha value is -3.46. The van der Waals surface area contributed by atoms with Crippen molar-refractivity contribution >= 4 is 29.2 Å². The Kier molecular flexibility index (Phi) is 5.60. The second-order valence-electron chi connectivity index (χ2n) is 7.29. The fraction of sp³-hybridized carbons (Fsp3) is 0.182. The minimum atomic E-state index is -4.46. The topological polar surface area (TPSA) is 80.4 Å². The van der Waals surface area contributed by atoms with E-state index < -0.39 is 23.7 Å². The monoisotopic (exact) mass is 462 g/mol. The highest BCUT2D eigenvalue weighted by molar-refractivity contribution is 6.36. The Morgan fingerprint density at radius 3 is 2.25 bits per heavy atom. The third kappa shape index (κ3) is 4.03. The maximum Gasteiger partial charge on any atom is 0.416 e. The van der Waals surface area contributed by atoms with Crippen LogP contribution in [0.5, 0.6) is 0 Å². The van der Waals surface area contributed by atoms with Crippen molar-refractivity contribution in [2.75, 3.05) is 11.9 Å². The van der Waals surface area contributed by atoms with Crippen LogP contribution in [0.1, 0.15) is 21.6 Å². The molecule has 166 valence electrons. The number of fused-ring (bicyclic) bond motifs is 1. The van der Waals surface area contributed by atoms with Crippen molar-refractivity contribution in [3.63, 3.8) is 0 Å². The van der Waals surface area contributed by atoms with E-state index in [0.717, 1.165) is 17.7 Å². The van der Waals surface area contributed by atoms with E-state index >= 15 is 0 Å². The first-order valence-corrected chi connectivity index (χ1v) is 10.0. The van der Waals surface area contributed by atoms with Gasteiger partial charge in [-0.15, -0.1) is 0 Å². The molecule has 3 N–H and O–H groups in total. The quantitative estimate of drug-likeness (QED) is 0.576. The summed E-state index contributed by atoms with van der Waals surface area (Å²) in [5.74, 6) is -0.703. The highest BCUT2D eigenvalue weighted by atomic mass is 35.5. The molecule has 0 unspecified atom stereocenters. The normalized spacial score (nSPS) is 13.6. The minimum absolute atomic E-state index is 0.0668. The summed E-state index contributed by atoms with van der Waals surface area (Å²) in [6.07, 6.45) is -4.46. The van der Waals surface area contributed by atoms with Gasteiger partial charge in [0.25, 0.3) is 5.91 Å². The molecule has 0 saturated heterocycles. The molecule has 1 aromatic heterocycles. The zero-order chi connectivity index (χ0) is 23.0. The second kappa shape index (κ2) is 8.23. The van der Waals surface area contributed by atoms with E-state index in [1.807, 2.05) is 34.9 Å². The lowest BCUT2D eigenvalue weighted by Gasteiger charge is -2.30. The third-order valence-corrected chi connectivity index (χ3v) is 5.66. The predicted molar refractivity (Wildman–Crippen MR) is 114 cm³/mol. The summed E-state index contributed by atoms with van der Waals surface area (Å²) in [6, 6.07) is 12.9. The largest absolute Gasteiger partial charge is 0.416 e. The summed E-state index contributed by atoms with van der Waals surface area (Å²) >= 11 is 6.53. The van der Waals surface area contributed by atoms with Crippen LogP contribution >= 0.6 is 11.6 Å². The van der Waals surface area contributed by atoms with Crippen LogP contribution in [-0.2, 0) is 19.3 Å². The number of hydrogen-bond acceptors (Lipinski definition) is 2. The van der Waals surface area contributed by atoms with Gasteiger partial charge < -0.3 is 20.5 Å². The number of carbonyl (C=O) groups is 2. The fourth-order valence-electron chi connectivity index (χ4n) is 3.77. The zero-order valence-corrected chi connectivity index (χ0v) is 17.4. The van der Waals surface area contributed by atoms with Gasteiger partial charge in [0.1, 0.15) is 0 Å². The number of nitrogens with two attached hydrogens (primary N) is 1. The van der Waals surface area contributed by atoms with Crippen molar-refractivity contribution in [2.45, 2.75) is 19.3 Å². The molecule has 0 bridgehead atoms. The second-order valence-corrected chi connectivity index (χ2v) is 7.67. The molecule has 0 atom stereocenters. The van der Waals surface area contributed by atoms with Crippen molar-refractivity contribution in [2.24, 2.45) is 5.73 Å². The van der Waals surface area contributed by atoms with Crippen LogP contribution in [0.15, 0.2) is 54.6 Å². The highest BCUT2D eigenvalue weighted by Crippen LogP contribution is 2.38. The molecule has 0 aliphatic carbocycles. The molecule has 3 aromatic rings. The van der Waals surface area contributed by atoms with E-state index in [1.54, 1.807) is 0 Å². The number of alkyl halides is 3. The Morgan fingerprint density at radius 2 is 1.66 bits per heavy atom. The van der Waals surface area contributed by atoms with Gasteiger partial charge in [-0.1, -0.05) is 41.9 Å². The van der Waals surface area contributed by atoms with Gasteiger partial charge in [0, 0.05) is 18.8 Å².